The van der Waals surface area contributed by atoms with E-state index in [2.05, 4.69) is 10.3 Å². The van der Waals surface area contributed by atoms with Crippen molar-refractivity contribution in [2.24, 2.45) is 0 Å². The van der Waals surface area contributed by atoms with Crippen LogP contribution in [0.1, 0.15) is 17.0 Å². The van der Waals surface area contributed by atoms with E-state index in [-0.39, 0.29) is 10.8 Å². The molecule has 1 aliphatic heterocycles. The number of sulfonamides is 1. The van der Waals surface area contributed by atoms with Gasteiger partial charge in [-0.15, -0.1) is 11.3 Å². The summed E-state index contributed by atoms with van der Waals surface area (Å²) in [6.45, 7) is 2.18. The normalized spacial score (nSPS) is 15.6. The fourth-order valence-electron chi connectivity index (χ4n) is 2.80. The number of aromatic nitrogens is 1. The summed E-state index contributed by atoms with van der Waals surface area (Å²) in [6.07, 6.45) is 3.43. The molecule has 0 radical (unpaired) electrons. The highest BCUT2D eigenvalue weighted by Gasteiger charge is 2.26. The van der Waals surface area contributed by atoms with Gasteiger partial charge in [-0.1, -0.05) is 12.1 Å². The van der Waals surface area contributed by atoms with E-state index in [1.54, 1.807) is 41.8 Å². The smallest absolute Gasteiger partial charge is 0.243 e. The Morgan fingerprint density at radius 2 is 1.93 bits per heavy atom. The van der Waals surface area contributed by atoms with Gasteiger partial charge in [-0.25, -0.2) is 13.4 Å². The zero-order chi connectivity index (χ0) is 19.1. The van der Waals surface area contributed by atoms with Gasteiger partial charge in [0.1, 0.15) is 0 Å². The molecule has 0 atom stereocenters. The molecule has 1 N–H and O–H groups in total. The van der Waals surface area contributed by atoms with Gasteiger partial charge in [-0.2, -0.15) is 4.31 Å². The van der Waals surface area contributed by atoms with Crippen LogP contribution in [0.2, 0.25) is 0 Å². The highest BCUT2D eigenvalue weighted by atomic mass is 32.2. The van der Waals surface area contributed by atoms with Gasteiger partial charge >= 0.3 is 0 Å². The quantitative estimate of drug-likeness (QED) is 0.713. The van der Waals surface area contributed by atoms with Gasteiger partial charge in [0, 0.05) is 44.1 Å². The van der Waals surface area contributed by atoms with Crippen molar-refractivity contribution in [3.8, 4) is 0 Å². The van der Waals surface area contributed by atoms with Crippen molar-refractivity contribution in [3.05, 3.63) is 46.4 Å². The van der Waals surface area contributed by atoms with E-state index in [1.165, 1.54) is 4.31 Å². The van der Waals surface area contributed by atoms with Gasteiger partial charge in [-0.05, 0) is 24.1 Å². The van der Waals surface area contributed by atoms with Crippen molar-refractivity contribution in [2.45, 2.75) is 24.2 Å². The molecule has 1 saturated heterocycles. The molecule has 1 aromatic heterocycles. The monoisotopic (exact) mass is 409 g/mol. The molecule has 0 saturated carbocycles. The van der Waals surface area contributed by atoms with Crippen LogP contribution in [0.3, 0.4) is 0 Å². The molecule has 1 aromatic carbocycles. The lowest BCUT2D eigenvalue weighted by Crippen LogP contribution is -2.40. The minimum Gasteiger partial charge on any atom is -0.379 e. The van der Waals surface area contributed by atoms with Gasteiger partial charge in [0.05, 0.1) is 23.1 Å². The molecule has 2 heterocycles. The maximum absolute atomic E-state index is 12.6. The number of aryl methyl sites for hydroxylation is 1. The van der Waals surface area contributed by atoms with Crippen LogP contribution in [0.25, 0.3) is 0 Å². The number of benzene rings is 1. The third kappa shape index (κ3) is 5.58. The Labute approximate surface area is 163 Å². The summed E-state index contributed by atoms with van der Waals surface area (Å²) in [4.78, 5) is 16.4. The molecule has 9 heteroatoms. The third-order valence-corrected chi connectivity index (χ3v) is 7.07. The minimum atomic E-state index is -3.47. The molecular weight excluding hydrogens is 386 g/mol. The molecule has 27 heavy (non-hydrogen) atoms. The van der Waals surface area contributed by atoms with Gasteiger partial charge in [0.2, 0.25) is 15.9 Å². The van der Waals surface area contributed by atoms with Crippen LogP contribution in [0.5, 0.6) is 0 Å². The molecule has 1 aliphatic rings. The van der Waals surface area contributed by atoms with Crippen LogP contribution in [0.4, 0.5) is 0 Å². The Morgan fingerprint density at radius 3 is 2.59 bits per heavy atom. The highest BCUT2D eigenvalue weighted by Crippen LogP contribution is 2.18. The lowest BCUT2D eigenvalue weighted by molar-refractivity contribution is -0.121. The molecule has 146 valence electrons. The predicted octanol–water partition coefficient (Wildman–Crippen LogP) is 1.46. The standard InChI is InChI=1S/C18H23N3O4S2/c22-17(19-8-7-18-20-9-14-26-18)6-3-15-1-4-16(5-2-15)27(23,24)21-10-12-25-13-11-21/h1-2,4-5,9,14H,3,6-8,10-13H2,(H,19,22). The fraction of sp³-hybridized carbons (Fsp3) is 0.444. The number of hydrogen-bond acceptors (Lipinski definition) is 6. The number of amides is 1. The minimum absolute atomic E-state index is 0.0171. The van der Waals surface area contributed by atoms with Gasteiger partial charge in [0.15, 0.2) is 0 Å². The number of thiazole rings is 1. The Kier molecular flexibility index (Phi) is 6.95. The Hall–Kier alpha value is -1.81. The number of rotatable bonds is 8. The zero-order valence-corrected chi connectivity index (χ0v) is 16.6. The molecule has 3 rings (SSSR count). The number of ether oxygens (including phenoxy) is 1. The topological polar surface area (TPSA) is 88.6 Å². The zero-order valence-electron chi connectivity index (χ0n) is 15.0. The van der Waals surface area contributed by atoms with Crippen LogP contribution in [-0.2, 0) is 32.4 Å². The van der Waals surface area contributed by atoms with Gasteiger partial charge in [0.25, 0.3) is 0 Å². The first-order valence-corrected chi connectivity index (χ1v) is 11.2. The number of carbonyl (C=O) groups excluding carboxylic acids is 1. The van der Waals surface area contributed by atoms with E-state index < -0.39 is 10.0 Å². The summed E-state index contributed by atoms with van der Waals surface area (Å²) in [5, 5.41) is 5.81. The number of nitrogens with zero attached hydrogens (tertiary/aromatic N) is 2. The summed E-state index contributed by atoms with van der Waals surface area (Å²) in [5.41, 5.74) is 0.936. The lowest BCUT2D eigenvalue weighted by Gasteiger charge is -2.26. The molecule has 1 amide bonds. The number of carbonyl (C=O) groups is 1. The molecule has 2 aromatic rings. The van der Waals surface area contributed by atoms with Crippen molar-refractivity contribution in [1.29, 1.82) is 0 Å². The Morgan fingerprint density at radius 1 is 1.19 bits per heavy atom. The molecule has 0 bridgehead atoms. The molecule has 1 fully saturated rings. The summed E-state index contributed by atoms with van der Waals surface area (Å²) in [6, 6.07) is 6.77. The number of morpholine rings is 1. The van der Waals surface area contributed by atoms with Crippen molar-refractivity contribution in [3.63, 3.8) is 0 Å². The summed E-state index contributed by atoms with van der Waals surface area (Å²) in [5.74, 6) is -0.0171. The average Bonchev–Trinajstić information content (AvgIpc) is 3.21. The SMILES string of the molecule is O=C(CCc1ccc(S(=O)(=O)N2CCOCC2)cc1)NCCc1nccs1. The summed E-state index contributed by atoms with van der Waals surface area (Å²) >= 11 is 1.58. The van der Waals surface area contributed by atoms with Crippen LogP contribution < -0.4 is 5.32 Å². The molecule has 0 unspecified atom stereocenters. The summed E-state index contributed by atoms with van der Waals surface area (Å²) in [7, 11) is -3.47. The second kappa shape index (κ2) is 9.41. The lowest BCUT2D eigenvalue weighted by atomic mass is 10.1. The molecule has 0 aliphatic carbocycles. The van der Waals surface area contributed by atoms with E-state index in [0.717, 1.165) is 17.0 Å². The molecular formula is C18H23N3O4S2. The van der Waals surface area contributed by atoms with Crippen LogP contribution >= 0.6 is 11.3 Å². The number of nitrogens with one attached hydrogen (secondary N) is 1. The molecule has 7 nitrogen and oxygen atoms in total. The first-order chi connectivity index (χ1) is 13.1. The van der Waals surface area contributed by atoms with Crippen LogP contribution in [0, 0.1) is 0 Å². The van der Waals surface area contributed by atoms with Crippen molar-refractivity contribution in [2.75, 3.05) is 32.8 Å². The maximum Gasteiger partial charge on any atom is 0.243 e. The van der Waals surface area contributed by atoms with E-state index in [0.29, 0.717) is 45.7 Å². The fourth-order valence-corrected chi connectivity index (χ4v) is 4.82. The van der Waals surface area contributed by atoms with Crippen molar-refractivity contribution < 1.29 is 17.9 Å². The van der Waals surface area contributed by atoms with Gasteiger partial charge in [-0.3, -0.25) is 4.79 Å². The average molecular weight is 410 g/mol. The Balaban J connectivity index is 1.46. The second-order valence-electron chi connectivity index (χ2n) is 6.19. The van der Waals surface area contributed by atoms with E-state index in [1.807, 2.05) is 5.38 Å². The second-order valence-corrected chi connectivity index (χ2v) is 9.10. The van der Waals surface area contributed by atoms with E-state index >= 15 is 0 Å². The third-order valence-electron chi connectivity index (χ3n) is 4.32. The first kappa shape index (κ1) is 19.9. The van der Waals surface area contributed by atoms with Crippen LogP contribution in [0.15, 0.2) is 40.7 Å². The summed E-state index contributed by atoms with van der Waals surface area (Å²) < 4.78 is 31.8. The van der Waals surface area contributed by atoms with E-state index in [9.17, 15) is 13.2 Å². The predicted molar refractivity (Wildman–Crippen MR) is 103 cm³/mol. The van der Waals surface area contributed by atoms with Gasteiger partial charge < -0.3 is 10.1 Å². The molecule has 0 spiro atoms. The van der Waals surface area contributed by atoms with Crippen LogP contribution in [-0.4, -0.2) is 56.5 Å². The number of hydrogen-bond donors (Lipinski definition) is 1. The van der Waals surface area contributed by atoms with Crippen molar-refractivity contribution in [1.82, 2.24) is 14.6 Å². The van der Waals surface area contributed by atoms with E-state index in [4.69, 9.17) is 4.74 Å². The Bertz CT molecular complexity index is 830. The highest BCUT2D eigenvalue weighted by molar-refractivity contribution is 7.89. The first-order valence-electron chi connectivity index (χ1n) is 8.87. The maximum atomic E-state index is 12.6. The largest absolute Gasteiger partial charge is 0.379 e. The van der Waals surface area contributed by atoms with Crippen molar-refractivity contribution >= 4 is 27.3 Å².